The van der Waals surface area contributed by atoms with Gasteiger partial charge < -0.3 is 10.1 Å². The molecule has 3 aromatic rings. The number of amides is 1. The van der Waals surface area contributed by atoms with Crippen molar-refractivity contribution in [2.24, 2.45) is 0 Å². The van der Waals surface area contributed by atoms with Crippen molar-refractivity contribution in [2.75, 3.05) is 16.6 Å². The zero-order valence-electron chi connectivity index (χ0n) is 15.6. The summed E-state index contributed by atoms with van der Waals surface area (Å²) < 4.78 is 33.6. The van der Waals surface area contributed by atoms with E-state index in [1.54, 1.807) is 60.7 Å². The van der Waals surface area contributed by atoms with E-state index >= 15 is 0 Å². The Kier molecular flexibility index (Phi) is 6.56. The number of sulfonamides is 1. The molecule has 8 heteroatoms. The Morgan fingerprint density at radius 3 is 2.28 bits per heavy atom. The van der Waals surface area contributed by atoms with Gasteiger partial charge in [0.05, 0.1) is 16.0 Å². The lowest BCUT2D eigenvalue weighted by molar-refractivity contribution is 0.102. The van der Waals surface area contributed by atoms with Gasteiger partial charge in [0, 0.05) is 16.9 Å². The predicted octanol–water partition coefficient (Wildman–Crippen LogP) is 4.90. The van der Waals surface area contributed by atoms with Crippen molar-refractivity contribution in [1.29, 1.82) is 0 Å². The van der Waals surface area contributed by atoms with E-state index in [2.05, 4.69) is 26.0 Å². The molecule has 0 aromatic heterocycles. The highest BCUT2D eigenvalue weighted by Crippen LogP contribution is 2.26. The highest BCUT2D eigenvalue weighted by molar-refractivity contribution is 9.10. The first-order valence-electron chi connectivity index (χ1n) is 8.80. The summed E-state index contributed by atoms with van der Waals surface area (Å²) in [4.78, 5) is 12.6. The van der Waals surface area contributed by atoms with E-state index in [1.807, 2.05) is 6.92 Å². The third-order valence-electron chi connectivity index (χ3n) is 3.94. The quantitative estimate of drug-likeness (QED) is 0.509. The minimum absolute atomic E-state index is 0.100. The Bertz CT molecular complexity index is 1100. The summed E-state index contributed by atoms with van der Waals surface area (Å²) in [7, 11) is -3.71. The largest absolute Gasteiger partial charge is 0.493 e. The van der Waals surface area contributed by atoms with Crippen molar-refractivity contribution in [1.82, 2.24) is 0 Å². The van der Waals surface area contributed by atoms with Gasteiger partial charge in [0.15, 0.2) is 0 Å². The molecule has 0 radical (unpaired) electrons. The first-order chi connectivity index (χ1) is 13.9. The van der Waals surface area contributed by atoms with Gasteiger partial charge in [0.1, 0.15) is 5.75 Å². The number of carbonyl (C=O) groups excluding carboxylic acids is 1. The Labute approximate surface area is 178 Å². The van der Waals surface area contributed by atoms with Gasteiger partial charge in [-0.3, -0.25) is 9.52 Å². The van der Waals surface area contributed by atoms with Gasteiger partial charge in [-0.2, -0.15) is 0 Å². The molecule has 0 aliphatic heterocycles. The van der Waals surface area contributed by atoms with Crippen LogP contribution in [0.25, 0.3) is 0 Å². The van der Waals surface area contributed by atoms with Gasteiger partial charge in [-0.1, -0.05) is 18.2 Å². The molecule has 0 fully saturated rings. The van der Waals surface area contributed by atoms with Crippen LogP contribution in [0.2, 0.25) is 0 Å². The molecular weight excluding hydrogens is 456 g/mol. The van der Waals surface area contributed by atoms with Gasteiger partial charge in [0.2, 0.25) is 0 Å². The highest BCUT2D eigenvalue weighted by Gasteiger charge is 2.15. The van der Waals surface area contributed by atoms with Gasteiger partial charge in [-0.15, -0.1) is 0 Å². The smallest absolute Gasteiger partial charge is 0.261 e. The van der Waals surface area contributed by atoms with E-state index < -0.39 is 10.0 Å². The molecular formula is C21H19BrN2O4S. The Balaban J connectivity index is 1.70. The Morgan fingerprint density at radius 2 is 1.66 bits per heavy atom. The van der Waals surface area contributed by atoms with Crippen LogP contribution in [0.15, 0.2) is 82.2 Å². The Hall–Kier alpha value is -2.84. The lowest BCUT2D eigenvalue weighted by Crippen LogP contribution is -2.14. The second kappa shape index (κ2) is 9.11. The number of carbonyl (C=O) groups is 1. The molecule has 150 valence electrons. The maximum Gasteiger partial charge on any atom is 0.261 e. The van der Waals surface area contributed by atoms with Gasteiger partial charge in [0.25, 0.3) is 15.9 Å². The van der Waals surface area contributed by atoms with Crippen molar-refractivity contribution < 1.29 is 17.9 Å². The number of hydrogen-bond acceptors (Lipinski definition) is 4. The fourth-order valence-corrected chi connectivity index (χ4v) is 4.11. The third kappa shape index (κ3) is 5.36. The SMILES string of the molecule is CCOc1ccc(C(=O)Nc2ccc(S(=O)(=O)Nc3ccccc3)cc2)cc1Br. The third-order valence-corrected chi connectivity index (χ3v) is 5.96. The monoisotopic (exact) mass is 474 g/mol. The minimum atomic E-state index is -3.71. The van der Waals surface area contributed by atoms with E-state index in [4.69, 9.17) is 4.74 Å². The zero-order chi connectivity index (χ0) is 20.9. The molecule has 0 atom stereocenters. The lowest BCUT2D eigenvalue weighted by atomic mass is 10.2. The van der Waals surface area contributed by atoms with Crippen molar-refractivity contribution in [3.05, 3.63) is 82.8 Å². The maximum absolute atomic E-state index is 12.5. The summed E-state index contributed by atoms with van der Waals surface area (Å²) in [6, 6.07) is 19.6. The topological polar surface area (TPSA) is 84.5 Å². The van der Waals surface area contributed by atoms with Crippen LogP contribution in [-0.2, 0) is 10.0 Å². The minimum Gasteiger partial charge on any atom is -0.493 e. The van der Waals surface area contributed by atoms with E-state index in [-0.39, 0.29) is 10.8 Å². The molecule has 3 rings (SSSR count). The molecule has 3 aromatic carbocycles. The summed E-state index contributed by atoms with van der Waals surface area (Å²) >= 11 is 3.38. The van der Waals surface area contributed by atoms with Crippen LogP contribution in [0.4, 0.5) is 11.4 Å². The van der Waals surface area contributed by atoms with Gasteiger partial charge in [-0.05, 0) is 77.5 Å². The van der Waals surface area contributed by atoms with E-state index in [0.29, 0.717) is 33.8 Å². The average molecular weight is 475 g/mol. The standard InChI is InChI=1S/C21H19BrN2O4S/c1-2-28-20-13-8-15(14-19(20)22)21(25)23-16-9-11-18(12-10-16)29(26,27)24-17-6-4-3-5-7-17/h3-14,24H,2H2,1H3,(H,23,25). The molecule has 6 nitrogen and oxygen atoms in total. The number of benzene rings is 3. The van der Waals surface area contributed by atoms with Gasteiger partial charge >= 0.3 is 0 Å². The lowest BCUT2D eigenvalue weighted by Gasteiger charge is -2.10. The average Bonchev–Trinajstić information content (AvgIpc) is 2.70. The maximum atomic E-state index is 12.5. The molecule has 0 aliphatic rings. The van der Waals surface area contributed by atoms with Crippen molar-refractivity contribution >= 4 is 43.2 Å². The number of para-hydroxylation sites is 1. The molecule has 2 N–H and O–H groups in total. The molecule has 0 aliphatic carbocycles. The molecule has 0 saturated carbocycles. The highest BCUT2D eigenvalue weighted by atomic mass is 79.9. The first kappa shape index (κ1) is 20.9. The number of hydrogen-bond donors (Lipinski definition) is 2. The summed E-state index contributed by atoms with van der Waals surface area (Å²) in [5, 5.41) is 2.75. The fourth-order valence-electron chi connectivity index (χ4n) is 2.56. The number of nitrogens with one attached hydrogen (secondary N) is 2. The first-order valence-corrected chi connectivity index (χ1v) is 11.1. The second-order valence-electron chi connectivity index (χ2n) is 6.03. The summed E-state index contributed by atoms with van der Waals surface area (Å²) in [6.07, 6.45) is 0. The number of rotatable bonds is 7. The molecule has 0 saturated heterocycles. The zero-order valence-corrected chi connectivity index (χ0v) is 18.0. The van der Waals surface area contributed by atoms with Crippen LogP contribution < -0.4 is 14.8 Å². The molecule has 0 heterocycles. The molecule has 0 unspecified atom stereocenters. The van der Waals surface area contributed by atoms with E-state index in [1.165, 1.54) is 12.1 Å². The van der Waals surface area contributed by atoms with Crippen LogP contribution >= 0.6 is 15.9 Å². The normalized spacial score (nSPS) is 11.0. The molecule has 1 amide bonds. The predicted molar refractivity (Wildman–Crippen MR) is 117 cm³/mol. The molecule has 0 bridgehead atoms. The van der Waals surface area contributed by atoms with Crippen molar-refractivity contribution in [2.45, 2.75) is 11.8 Å². The number of ether oxygens (including phenoxy) is 1. The van der Waals surface area contributed by atoms with E-state index in [0.717, 1.165) is 0 Å². The molecule has 0 spiro atoms. The molecule has 29 heavy (non-hydrogen) atoms. The van der Waals surface area contributed by atoms with Crippen LogP contribution in [0.5, 0.6) is 5.75 Å². The van der Waals surface area contributed by atoms with Crippen LogP contribution in [-0.4, -0.2) is 20.9 Å². The van der Waals surface area contributed by atoms with Crippen LogP contribution in [0.3, 0.4) is 0 Å². The number of anilines is 2. The van der Waals surface area contributed by atoms with Crippen LogP contribution in [0.1, 0.15) is 17.3 Å². The summed E-state index contributed by atoms with van der Waals surface area (Å²) in [5.41, 5.74) is 1.41. The van der Waals surface area contributed by atoms with Crippen molar-refractivity contribution in [3.8, 4) is 5.75 Å². The van der Waals surface area contributed by atoms with Crippen molar-refractivity contribution in [3.63, 3.8) is 0 Å². The van der Waals surface area contributed by atoms with E-state index in [9.17, 15) is 13.2 Å². The fraction of sp³-hybridized carbons (Fsp3) is 0.0952. The van der Waals surface area contributed by atoms with Crippen LogP contribution in [0, 0.1) is 0 Å². The van der Waals surface area contributed by atoms with Gasteiger partial charge in [-0.25, -0.2) is 8.42 Å². The summed E-state index contributed by atoms with van der Waals surface area (Å²) in [5.74, 6) is 0.344. The second-order valence-corrected chi connectivity index (χ2v) is 8.56. The summed E-state index contributed by atoms with van der Waals surface area (Å²) in [6.45, 7) is 2.41. The Morgan fingerprint density at radius 1 is 0.966 bits per heavy atom. The number of halogens is 1.